The van der Waals surface area contributed by atoms with E-state index >= 15 is 0 Å². The predicted octanol–water partition coefficient (Wildman–Crippen LogP) is 3.53. The van der Waals surface area contributed by atoms with Crippen LogP contribution in [-0.4, -0.2) is 31.3 Å². The average molecular weight is 403 g/mol. The molecule has 0 saturated heterocycles. The molecule has 1 heterocycles. The minimum Gasteiger partial charge on any atom is -0.283 e. The minimum absolute atomic E-state index is 0.225. The number of sulfonamides is 1. The summed E-state index contributed by atoms with van der Waals surface area (Å²) in [4.78, 5) is 12.7. The highest BCUT2D eigenvalue weighted by molar-refractivity contribution is 7.92. The van der Waals surface area contributed by atoms with E-state index in [2.05, 4.69) is 9.82 Å². The molecule has 2 aromatic rings. The molecule has 0 radical (unpaired) electrons. The van der Waals surface area contributed by atoms with Crippen molar-refractivity contribution in [3.63, 3.8) is 0 Å². The van der Waals surface area contributed by atoms with Crippen molar-refractivity contribution in [3.8, 4) is 0 Å². The molecule has 3 rings (SSSR count). The molecule has 8 heteroatoms. The molecule has 28 heavy (non-hydrogen) atoms. The molecule has 0 fully saturated rings. The lowest BCUT2D eigenvalue weighted by molar-refractivity contribution is -0.136. The van der Waals surface area contributed by atoms with Gasteiger partial charge in [-0.05, 0) is 12.1 Å². The van der Waals surface area contributed by atoms with Gasteiger partial charge in [0.05, 0.1) is 23.7 Å². The third-order valence-electron chi connectivity index (χ3n) is 4.43. The van der Waals surface area contributed by atoms with Crippen LogP contribution >= 0.6 is 0 Å². The second-order valence-electron chi connectivity index (χ2n) is 7.05. The summed E-state index contributed by atoms with van der Waals surface area (Å²) in [5, 5.41) is 5.78. The van der Waals surface area contributed by atoms with E-state index in [1.165, 1.54) is 11.1 Å². The molecule has 148 valence electrons. The smallest absolute Gasteiger partial charge is 0.245 e. The molecule has 6 nitrogen and oxygen atoms in total. The first-order valence-corrected chi connectivity index (χ1v) is 10.8. The maximum Gasteiger partial charge on any atom is 0.245 e. The van der Waals surface area contributed by atoms with Gasteiger partial charge in [0.15, 0.2) is 0 Å². The molecule has 1 aliphatic rings. The number of para-hydroxylation sites is 1. The number of halogens is 1. The van der Waals surface area contributed by atoms with Crippen LogP contribution < -0.4 is 4.72 Å². The van der Waals surface area contributed by atoms with Gasteiger partial charge in [-0.2, -0.15) is 5.10 Å². The van der Waals surface area contributed by atoms with E-state index in [0.29, 0.717) is 22.5 Å². The van der Waals surface area contributed by atoms with Crippen molar-refractivity contribution in [2.45, 2.75) is 26.3 Å². The number of anilines is 1. The zero-order valence-electron chi connectivity index (χ0n) is 15.9. The highest BCUT2D eigenvalue weighted by Crippen LogP contribution is 2.36. The Morgan fingerprint density at radius 2 is 1.82 bits per heavy atom. The van der Waals surface area contributed by atoms with E-state index < -0.39 is 21.9 Å². The Hall–Kier alpha value is -2.74. The molecule has 0 aromatic heterocycles. The van der Waals surface area contributed by atoms with Crippen LogP contribution in [0.5, 0.6) is 0 Å². The highest BCUT2D eigenvalue weighted by atomic mass is 32.2. The van der Waals surface area contributed by atoms with Gasteiger partial charge in [0, 0.05) is 23.5 Å². The summed E-state index contributed by atoms with van der Waals surface area (Å²) in [5.74, 6) is -0.952. The second kappa shape index (κ2) is 7.71. The van der Waals surface area contributed by atoms with Gasteiger partial charge >= 0.3 is 0 Å². The van der Waals surface area contributed by atoms with Crippen molar-refractivity contribution in [3.05, 3.63) is 65.5 Å². The third-order valence-corrected chi connectivity index (χ3v) is 5.02. The van der Waals surface area contributed by atoms with Crippen molar-refractivity contribution < 1.29 is 17.6 Å². The Bertz CT molecular complexity index is 1030. The number of nitrogens with zero attached hydrogens (tertiary/aromatic N) is 2. The van der Waals surface area contributed by atoms with Crippen LogP contribution in [0.15, 0.2) is 53.6 Å². The van der Waals surface area contributed by atoms with Crippen LogP contribution in [0.4, 0.5) is 10.1 Å². The standard InChI is InChI=1S/C20H22FN3O3S/c1-13(2)20(25)24-19(14-8-4-6-10-16(14)21)12-18(22-24)15-9-5-7-11-17(15)23-28(3,26)27/h4-11,13,19,23H,12H2,1-3H3/t19-/m0/s1. The van der Waals surface area contributed by atoms with Crippen molar-refractivity contribution >= 4 is 27.3 Å². The summed E-state index contributed by atoms with van der Waals surface area (Å²) in [6.07, 6.45) is 1.35. The number of benzene rings is 2. The fourth-order valence-electron chi connectivity index (χ4n) is 3.15. The molecular formula is C20H22FN3O3S. The summed E-state index contributed by atoms with van der Waals surface area (Å²) >= 11 is 0. The molecule has 1 amide bonds. The van der Waals surface area contributed by atoms with Crippen LogP contribution in [-0.2, 0) is 14.8 Å². The van der Waals surface area contributed by atoms with E-state index in [0.717, 1.165) is 6.26 Å². The SMILES string of the molecule is CC(C)C(=O)N1N=C(c2ccccc2NS(C)(=O)=O)C[C@H]1c1ccccc1F. The number of rotatable bonds is 5. The van der Waals surface area contributed by atoms with Gasteiger partial charge in [-0.25, -0.2) is 17.8 Å². The number of amides is 1. The summed E-state index contributed by atoms with van der Waals surface area (Å²) in [7, 11) is -3.49. The summed E-state index contributed by atoms with van der Waals surface area (Å²) in [6, 6.07) is 12.5. The Morgan fingerprint density at radius 3 is 2.46 bits per heavy atom. The van der Waals surface area contributed by atoms with Gasteiger partial charge in [0.2, 0.25) is 15.9 Å². The molecule has 0 bridgehead atoms. The van der Waals surface area contributed by atoms with E-state index in [9.17, 15) is 17.6 Å². The number of hydrazone groups is 1. The van der Waals surface area contributed by atoms with Crippen LogP contribution in [0, 0.1) is 11.7 Å². The normalized spacial score (nSPS) is 17.0. The van der Waals surface area contributed by atoms with Crippen molar-refractivity contribution in [2.75, 3.05) is 11.0 Å². The zero-order chi connectivity index (χ0) is 20.5. The van der Waals surface area contributed by atoms with Crippen molar-refractivity contribution in [1.82, 2.24) is 5.01 Å². The molecule has 1 aliphatic heterocycles. The summed E-state index contributed by atoms with van der Waals surface area (Å²) in [5.41, 5.74) is 1.83. The summed E-state index contributed by atoms with van der Waals surface area (Å²) < 4.78 is 40.3. The average Bonchev–Trinajstić information content (AvgIpc) is 3.05. The van der Waals surface area contributed by atoms with Gasteiger partial charge < -0.3 is 0 Å². The highest BCUT2D eigenvalue weighted by Gasteiger charge is 2.36. The van der Waals surface area contributed by atoms with Gasteiger partial charge in [-0.15, -0.1) is 0 Å². The Balaban J connectivity index is 2.05. The Morgan fingerprint density at radius 1 is 1.18 bits per heavy atom. The Labute approximate surface area is 164 Å². The number of hydrogen-bond donors (Lipinski definition) is 1. The van der Waals surface area contributed by atoms with E-state index in [1.807, 2.05) is 0 Å². The molecule has 0 spiro atoms. The topological polar surface area (TPSA) is 78.8 Å². The zero-order valence-corrected chi connectivity index (χ0v) is 16.7. The van der Waals surface area contributed by atoms with Crippen LogP contribution in [0.2, 0.25) is 0 Å². The van der Waals surface area contributed by atoms with Gasteiger partial charge in [-0.3, -0.25) is 9.52 Å². The lowest BCUT2D eigenvalue weighted by Crippen LogP contribution is -2.31. The third kappa shape index (κ3) is 4.22. The fourth-order valence-corrected chi connectivity index (χ4v) is 3.73. The maximum absolute atomic E-state index is 14.4. The molecule has 1 atom stereocenters. The summed E-state index contributed by atoms with van der Waals surface area (Å²) in [6.45, 7) is 3.51. The van der Waals surface area contributed by atoms with Crippen molar-refractivity contribution in [2.24, 2.45) is 11.0 Å². The minimum atomic E-state index is -3.49. The molecule has 1 N–H and O–H groups in total. The first kappa shape index (κ1) is 20.0. The van der Waals surface area contributed by atoms with Gasteiger partial charge in [0.1, 0.15) is 5.82 Å². The molecular weight excluding hydrogens is 381 g/mol. The quantitative estimate of drug-likeness (QED) is 0.829. The fraction of sp³-hybridized carbons (Fsp3) is 0.300. The number of nitrogens with one attached hydrogen (secondary N) is 1. The second-order valence-corrected chi connectivity index (χ2v) is 8.79. The van der Waals surface area contributed by atoms with Crippen LogP contribution in [0.25, 0.3) is 0 Å². The molecule has 0 saturated carbocycles. The molecule has 0 aliphatic carbocycles. The van der Waals surface area contributed by atoms with Gasteiger partial charge in [0.25, 0.3) is 0 Å². The van der Waals surface area contributed by atoms with E-state index in [-0.39, 0.29) is 18.2 Å². The maximum atomic E-state index is 14.4. The lowest BCUT2D eigenvalue weighted by atomic mass is 9.97. The monoisotopic (exact) mass is 403 g/mol. The largest absolute Gasteiger partial charge is 0.283 e. The van der Waals surface area contributed by atoms with Crippen molar-refractivity contribution in [1.29, 1.82) is 0 Å². The number of hydrogen-bond acceptors (Lipinski definition) is 4. The predicted molar refractivity (Wildman–Crippen MR) is 107 cm³/mol. The van der Waals surface area contributed by atoms with Crippen LogP contribution in [0.3, 0.4) is 0 Å². The van der Waals surface area contributed by atoms with Gasteiger partial charge in [-0.1, -0.05) is 50.2 Å². The van der Waals surface area contributed by atoms with E-state index in [4.69, 9.17) is 0 Å². The van der Waals surface area contributed by atoms with Crippen LogP contribution in [0.1, 0.15) is 37.4 Å². The number of carbonyl (C=O) groups excluding carboxylic acids is 1. The number of carbonyl (C=O) groups is 1. The first-order valence-electron chi connectivity index (χ1n) is 8.89. The van der Waals surface area contributed by atoms with E-state index in [1.54, 1.807) is 56.3 Å². The molecule has 0 unspecified atom stereocenters. The Kier molecular flexibility index (Phi) is 5.51. The first-order chi connectivity index (χ1) is 13.2. The molecule has 2 aromatic carbocycles. The lowest BCUT2D eigenvalue weighted by Gasteiger charge is -2.23.